The number of ether oxygens (including phenoxy) is 1. The van der Waals surface area contributed by atoms with Crippen LogP contribution in [0.5, 0.6) is 5.75 Å². The van der Waals surface area contributed by atoms with Gasteiger partial charge < -0.3 is 15.2 Å². The molecule has 1 amide bonds. The maximum absolute atomic E-state index is 12.1. The second-order valence-electron chi connectivity index (χ2n) is 5.16. The molecule has 1 saturated carbocycles. The first kappa shape index (κ1) is 15.1. The summed E-state index contributed by atoms with van der Waals surface area (Å²) in [7, 11) is 1.57. The van der Waals surface area contributed by atoms with Crippen LogP contribution in [-0.2, 0) is 11.2 Å². The molecule has 20 heavy (non-hydrogen) atoms. The Labute approximate surface area is 124 Å². The van der Waals surface area contributed by atoms with Crippen LogP contribution in [0.15, 0.2) is 18.2 Å². The quantitative estimate of drug-likeness (QED) is 0.896. The van der Waals surface area contributed by atoms with Crippen molar-refractivity contribution in [3.05, 3.63) is 28.8 Å². The third-order valence-electron chi connectivity index (χ3n) is 3.67. The van der Waals surface area contributed by atoms with Crippen molar-refractivity contribution >= 4 is 17.5 Å². The summed E-state index contributed by atoms with van der Waals surface area (Å²) < 4.78 is 5.22. The van der Waals surface area contributed by atoms with Crippen molar-refractivity contribution in [2.45, 2.75) is 44.2 Å². The van der Waals surface area contributed by atoms with E-state index in [0.717, 1.165) is 31.2 Å². The van der Waals surface area contributed by atoms with Gasteiger partial charge in [0.05, 0.1) is 25.7 Å². The van der Waals surface area contributed by atoms with E-state index in [0.29, 0.717) is 10.8 Å². The van der Waals surface area contributed by atoms with Crippen molar-refractivity contribution in [2.75, 3.05) is 7.11 Å². The molecule has 2 rings (SSSR count). The summed E-state index contributed by atoms with van der Waals surface area (Å²) in [5.74, 6) is 0.533. The maximum atomic E-state index is 12.1. The molecule has 0 bridgehead atoms. The van der Waals surface area contributed by atoms with Crippen molar-refractivity contribution < 1.29 is 14.6 Å². The maximum Gasteiger partial charge on any atom is 0.224 e. The number of rotatable bonds is 4. The number of benzene rings is 1. The summed E-state index contributed by atoms with van der Waals surface area (Å²) in [5.41, 5.74) is 0.753. The zero-order chi connectivity index (χ0) is 14.5. The third kappa shape index (κ3) is 3.87. The topological polar surface area (TPSA) is 58.6 Å². The molecule has 1 aliphatic rings. The van der Waals surface area contributed by atoms with Crippen molar-refractivity contribution in [2.24, 2.45) is 0 Å². The predicted molar refractivity (Wildman–Crippen MR) is 78.1 cm³/mol. The van der Waals surface area contributed by atoms with Gasteiger partial charge in [-0.15, -0.1) is 0 Å². The van der Waals surface area contributed by atoms with E-state index in [1.165, 1.54) is 0 Å². The Morgan fingerprint density at radius 2 is 2.20 bits per heavy atom. The third-order valence-corrected chi connectivity index (χ3v) is 3.90. The van der Waals surface area contributed by atoms with E-state index in [2.05, 4.69) is 5.32 Å². The second kappa shape index (κ2) is 6.95. The van der Waals surface area contributed by atoms with Crippen LogP contribution in [0.25, 0.3) is 0 Å². The van der Waals surface area contributed by atoms with E-state index in [1.807, 2.05) is 0 Å². The molecule has 4 nitrogen and oxygen atoms in total. The molecule has 1 aromatic rings. The fraction of sp³-hybridized carbons (Fsp3) is 0.533. The molecule has 0 spiro atoms. The summed E-state index contributed by atoms with van der Waals surface area (Å²) in [5, 5.41) is 13.3. The zero-order valence-electron chi connectivity index (χ0n) is 11.6. The Bertz CT molecular complexity index is 478. The first-order valence-electron chi connectivity index (χ1n) is 6.90. The van der Waals surface area contributed by atoms with Crippen LogP contribution < -0.4 is 10.1 Å². The summed E-state index contributed by atoms with van der Waals surface area (Å²) in [6.07, 6.45) is 3.42. The van der Waals surface area contributed by atoms with Crippen LogP contribution in [0.4, 0.5) is 0 Å². The molecule has 1 aliphatic carbocycles. The number of amides is 1. The lowest BCUT2D eigenvalue weighted by Gasteiger charge is -2.28. The normalized spacial score (nSPS) is 22.4. The summed E-state index contributed by atoms with van der Waals surface area (Å²) in [6.45, 7) is 0. The highest BCUT2D eigenvalue weighted by atomic mass is 35.5. The smallest absolute Gasteiger partial charge is 0.224 e. The molecule has 0 aromatic heterocycles. The highest BCUT2D eigenvalue weighted by molar-refractivity contribution is 6.30. The van der Waals surface area contributed by atoms with Gasteiger partial charge >= 0.3 is 0 Å². The van der Waals surface area contributed by atoms with Crippen LogP contribution in [0.1, 0.15) is 31.2 Å². The van der Waals surface area contributed by atoms with Gasteiger partial charge in [0, 0.05) is 10.6 Å². The van der Waals surface area contributed by atoms with E-state index in [1.54, 1.807) is 25.3 Å². The molecule has 0 saturated heterocycles. The van der Waals surface area contributed by atoms with Crippen molar-refractivity contribution in [1.82, 2.24) is 5.32 Å². The lowest BCUT2D eigenvalue weighted by Crippen LogP contribution is -2.45. The van der Waals surface area contributed by atoms with Crippen LogP contribution in [0.2, 0.25) is 5.02 Å². The van der Waals surface area contributed by atoms with Gasteiger partial charge in [0.1, 0.15) is 5.75 Å². The summed E-state index contributed by atoms with van der Waals surface area (Å²) >= 11 is 5.95. The van der Waals surface area contributed by atoms with Crippen molar-refractivity contribution in [1.29, 1.82) is 0 Å². The summed E-state index contributed by atoms with van der Waals surface area (Å²) in [4.78, 5) is 12.1. The second-order valence-corrected chi connectivity index (χ2v) is 5.60. The molecule has 0 heterocycles. The van der Waals surface area contributed by atoms with Gasteiger partial charge in [-0.2, -0.15) is 0 Å². The number of carbonyl (C=O) groups excluding carboxylic acids is 1. The molecule has 5 heteroatoms. The highest BCUT2D eigenvalue weighted by Crippen LogP contribution is 2.23. The van der Waals surface area contributed by atoms with Gasteiger partial charge in [-0.3, -0.25) is 4.79 Å². The lowest BCUT2D eigenvalue weighted by molar-refractivity contribution is -0.122. The van der Waals surface area contributed by atoms with Crippen molar-refractivity contribution in [3.63, 3.8) is 0 Å². The fourth-order valence-corrected chi connectivity index (χ4v) is 2.79. The number of hydrogen-bond acceptors (Lipinski definition) is 3. The van der Waals surface area contributed by atoms with E-state index >= 15 is 0 Å². The zero-order valence-corrected chi connectivity index (χ0v) is 12.3. The predicted octanol–water partition coefficient (Wildman–Crippen LogP) is 2.31. The average molecular weight is 298 g/mol. The van der Waals surface area contributed by atoms with Gasteiger partial charge in [0.15, 0.2) is 0 Å². The lowest BCUT2D eigenvalue weighted by atomic mass is 9.92. The number of aliphatic hydroxyl groups excluding tert-OH is 1. The highest BCUT2D eigenvalue weighted by Gasteiger charge is 2.24. The number of nitrogens with one attached hydrogen (secondary N) is 1. The van der Waals surface area contributed by atoms with Crippen LogP contribution in [0.3, 0.4) is 0 Å². The molecule has 1 aromatic carbocycles. The minimum Gasteiger partial charge on any atom is -0.496 e. The first-order valence-corrected chi connectivity index (χ1v) is 7.28. The number of hydrogen-bond donors (Lipinski definition) is 2. The van der Waals surface area contributed by atoms with Crippen LogP contribution in [-0.4, -0.2) is 30.3 Å². The van der Waals surface area contributed by atoms with Gasteiger partial charge in [-0.1, -0.05) is 24.4 Å². The Morgan fingerprint density at radius 1 is 1.45 bits per heavy atom. The van der Waals surface area contributed by atoms with E-state index < -0.39 is 6.10 Å². The number of carbonyl (C=O) groups is 1. The molecular weight excluding hydrogens is 278 g/mol. The monoisotopic (exact) mass is 297 g/mol. The molecule has 0 aliphatic heterocycles. The molecule has 2 N–H and O–H groups in total. The van der Waals surface area contributed by atoms with Crippen molar-refractivity contribution in [3.8, 4) is 5.75 Å². The Kier molecular flexibility index (Phi) is 5.26. The fourth-order valence-electron chi connectivity index (χ4n) is 2.60. The Balaban J connectivity index is 1.99. The van der Waals surface area contributed by atoms with Gasteiger partial charge in [0.2, 0.25) is 5.91 Å². The SMILES string of the molecule is COc1ccc(Cl)cc1CC(=O)N[C@@H]1CCCC[C@H]1O. The Morgan fingerprint density at radius 3 is 2.90 bits per heavy atom. The average Bonchev–Trinajstić information content (AvgIpc) is 2.41. The molecule has 0 unspecified atom stereocenters. The molecule has 110 valence electrons. The molecular formula is C15H20ClNO3. The van der Waals surface area contributed by atoms with Crippen LogP contribution in [0, 0.1) is 0 Å². The minimum absolute atomic E-state index is 0.114. The van der Waals surface area contributed by atoms with Gasteiger partial charge in [-0.05, 0) is 31.0 Å². The number of methoxy groups -OCH3 is 1. The van der Waals surface area contributed by atoms with Gasteiger partial charge in [-0.25, -0.2) is 0 Å². The largest absolute Gasteiger partial charge is 0.496 e. The number of halogens is 1. The van der Waals surface area contributed by atoms with E-state index in [4.69, 9.17) is 16.3 Å². The van der Waals surface area contributed by atoms with E-state index in [9.17, 15) is 9.90 Å². The molecule has 1 fully saturated rings. The van der Waals surface area contributed by atoms with Gasteiger partial charge in [0.25, 0.3) is 0 Å². The number of aliphatic hydroxyl groups is 1. The molecule has 2 atom stereocenters. The van der Waals surface area contributed by atoms with E-state index in [-0.39, 0.29) is 18.4 Å². The standard InChI is InChI=1S/C15H20ClNO3/c1-20-14-7-6-11(16)8-10(14)9-15(19)17-12-4-2-3-5-13(12)18/h6-8,12-13,18H,2-5,9H2,1H3,(H,17,19)/t12-,13-/m1/s1. The summed E-state index contributed by atoms with van der Waals surface area (Å²) in [6, 6.07) is 5.08. The minimum atomic E-state index is -0.436. The molecule has 0 radical (unpaired) electrons. The van der Waals surface area contributed by atoms with Crippen LogP contribution >= 0.6 is 11.6 Å². The first-order chi connectivity index (χ1) is 9.60. The Hall–Kier alpha value is -1.26.